The molecular weight excluding hydrogens is 585 g/mol. The molecule has 44 heavy (non-hydrogen) atoms. The number of ether oxygens (including phenoxy) is 2. The summed E-state index contributed by atoms with van der Waals surface area (Å²) in [6, 6.07) is 21.2. The Morgan fingerprint density at radius 3 is 2.66 bits per heavy atom. The molecule has 0 bridgehead atoms. The first-order valence-electron chi connectivity index (χ1n) is 13.8. The molecule has 4 aromatic rings. The van der Waals surface area contributed by atoms with Crippen molar-refractivity contribution in [1.29, 1.82) is 5.26 Å². The van der Waals surface area contributed by atoms with Gasteiger partial charge in [-0.1, -0.05) is 48.0 Å². The number of halogens is 2. The number of nitrogens with zero attached hydrogens (tertiary/aromatic N) is 2. The third kappa shape index (κ3) is 6.66. The number of carbonyl (C=O) groups is 1. The van der Waals surface area contributed by atoms with Crippen LogP contribution in [0.2, 0.25) is 5.02 Å². The lowest BCUT2D eigenvalue weighted by atomic mass is 9.96. The van der Waals surface area contributed by atoms with Crippen LogP contribution in [0.15, 0.2) is 72.8 Å². The summed E-state index contributed by atoms with van der Waals surface area (Å²) in [7, 11) is 0. The fraction of sp³-hybridized carbons (Fsp3) is 0.206. The van der Waals surface area contributed by atoms with E-state index in [1.165, 1.54) is 12.1 Å². The monoisotopic (exact) mass is 611 g/mol. The molecule has 0 amide bonds. The number of carboxylic acid groups (broad SMARTS) is 1. The van der Waals surface area contributed by atoms with Crippen molar-refractivity contribution in [3.63, 3.8) is 0 Å². The number of aliphatic hydroxyl groups is 1. The number of nitrogens with one attached hydrogen (secondary N) is 1. The van der Waals surface area contributed by atoms with Crippen molar-refractivity contribution >= 4 is 23.3 Å². The number of nitriles is 1. The lowest BCUT2D eigenvalue weighted by molar-refractivity contribution is -0.140. The van der Waals surface area contributed by atoms with Gasteiger partial charge in [0.25, 0.3) is 0 Å². The predicted molar refractivity (Wildman–Crippen MR) is 162 cm³/mol. The molecule has 0 saturated heterocycles. The van der Waals surface area contributed by atoms with Gasteiger partial charge in [-0.05, 0) is 65.4 Å². The molecule has 0 aliphatic heterocycles. The van der Waals surface area contributed by atoms with Crippen molar-refractivity contribution in [2.24, 2.45) is 0 Å². The Balaban J connectivity index is 1.45. The number of benzene rings is 4. The smallest absolute Gasteiger partial charge is 0.323 e. The van der Waals surface area contributed by atoms with Gasteiger partial charge in [-0.25, -0.2) is 9.24 Å². The van der Waals surface area contributed by atoms with Gasteiger partial charge < -0.3 is 19.7 Å². The minimum atomic E-state index is -1.21. The van der Waals surface area contributed by atoms with Crippen molar-refractivity contribution in [2.75, 3.05) is 6.61 Å². The van der Waals surface area contributed by atoms with Crippen LogP contribution in [0, 0.1) is 23.7 Å². The first-order valence-corrected chi connectivity index (χ1v) is 14.2. The Kier molecular flexibility index (Phi) is 9.42. The molecule has 0 radical (unpaired) electrons. The van der Waals surface area contributed by atoms with E-state index in [-0.39, 0.29) is 30.1 Å². The van der Waals surface area contributed by atoms with E-state index >= 15 is 0 Å². The minimum absolute atomic E-state index is 0.00668. The van der Waals surface area contributed by atoms with E-state index in [9.17, 15) is 24.7 Å². The summed E-state index contributed by atoms with van der Waals surface area (Å²) in [6.07, 6.45) is 0.975. The second kappa shape index (κ2) is 13.6. The molecule has 3 N–H and O–H groups in total. The minimum Gasteiger partial charge on any atom is -0.488 e. The Labute approximate surface area is 258 Å². The van der Waals surface area contributed by atoms with Crippen molar-refractivity contribution in [3.05, 3.63) is 123 Å². The van der Waals surface area contributed by atoms with Crippen molar-refractivity contribution < 1.29 is 28.9 Å². The van der Waals surface area contributed by atoms with Crippen LogP contribution in [0.25, 0.3) is 16.0 Å². The van der Waals surface area contributed by atoms with Gasteiger partial charge in [-0.3, -0.25) is 10.1 Å². The number of fused-ring (bicyclic) bond motifs is 1. The molecule has 222 valence electrons. The van der Waals surface area contributed by atoms with Crippen molar-refractivity contribution in [3.8, 4) is 28.7 Å². The summed E-state index contributed by atoms with van der Waals surface area (Å²) in [5.41, 5.74) is 5.01. The Morgan fingerprint density at radius 1 is 1.14 bits per heavy atom. The Morgan fingerprint density at radius 2 is 1.93 bits per heavy atom. The molecule has 0 unspecified atom stereocenters. The molecule has 1 aliphatic rings. The number of aliphatic carboxylic acids is 1. The quantitative estimate of drug-likeness (QED) is 0.161. The van der Waals surface area contributed by atoms with Gasteiger partial charge in [0, 0.05) is 29.3 Å². The fourth-order valence-electron chi connectivity index (χ4n) is 5.27. The highest BCUT2D eigenvalue weighted by Gasteiger charge is 2.28. The summed E-state index contributed by atoms with van der Waals surface area (Å²) in [6.45, 7) is 6.72. The highest BCUT2D eigenvalue weighted by atomic mass is 35.5. The molecular formula is C34H27ClFN3O5. The molecule has 0 aromatic heterocycles. The topological polar surface area (TPSA) is 116 Å². The summed E-state index contributed by atoms with van der Waals surface area (Å²) in [5.74, 6) is -0.835. The second-order valence-corrected chi connectivity index (χ2v) is 10.7. The van der Waals surface area contributed by atoms with Crippen LogP contribution in [0.4, 0.5) is 10.1 Å². The molecule has 10 heteroatoms. The van der Waals surface area contributed by atoms with E-state index in [1.54, 1.807) is 42.5 Å². The number of hydrogen-bond acceptors (Lipinski definition) is 6. The second-order valence-electron chi connectivity index (χ2n) is 10.2. The number of rotatable bonds is 11. The van der Waals surface area contributed by atoms with Crippen LogP contribution < -0.4 is 14.8 Å². The lowest BCUT2D eigenvalue weighted by Gasteiger charge is -2.20. The van der Waals surface area contributed by atoms with Crippen LogP contribution >= 0.6 is 11.6 Å². The summed E-state index contributed by atoms with van der Waals surface area (Å²) < 4.78 is 27.2. The van der Waals surface area contributed by atoms with Crippen LogP contribution in [-0.4, -0.2) is 28.8 Å². The fourth-order valence-corrected chi connectivity index (χ4v) is 5.50. The molecule has 4 aromatic carbocycles. The maximum absolute atomic E-state index is 14.6. The molecule has 0 saturated carbocycles. The standard InChI is InChI=1S/C34H27ClFN3O5/c1-38-23-12-20(16-37)11-21(13-23)19-43-32-15-33(28(35)14-22(32)17-39-30(18-40)34(41)42)44-31-10-9-25-24(6-4-7-27(25)31)26-5-2-3-8-29(26)36/h2-8,11-15,30-31,39-40H,9-10,17-19H2,(H,41,42)/t30-,31-/m0/s1. The third-order valence-corrected chi connectivity index (χ3v) is 7.71. The van der Waals surface area contributed by atoms with E-state index in [1.807, 2.05) is 24.3 Å². The molecule has 0 fully saturated rings. The molecule has 2 atom stereocenters. The predicted octanol–water partition coefficient (Wildman–Crippen LogP) is 6.75. The van der Waals surface area contributed by atoms with Gasteiger partial charge in [0.2, 0.25) is 0 Å². The maximum Gasteiger partial charge on any atom is 0.323 e. The average molecular weight is 612 g/mol. The molecule has 5 rings (SSSR count). The first kappa shape index (κ1) is 30.5. The number of aliphatic hydroxyl groups excluding tert-OH is 1. The van der Waals surface area contributed by atoms with Crippen molar-refractivity contribution in [1.82, 2.24) is 5.32 Å². The van der Waals surface area contributed by atoms with Crippen LogP contribution in [-0.2, 0) is 24.4 Å². The normalized spacial score (nSPS) is 14.2. The maximum atomic E-state index is 14.6. The zero-order valence-electron chi connectivity index (χ0n) is 23.4. The molecule has 1 aliphatic carbocycles. The van der Waals surface area contributed by atoms with Crippen LogP contribution in [0.5, 0.6) is 11.5 Å². The molecule has 0 heterocycles. The Hall–Kier alpha value is -4.93. The van der Waals surface area contributed by atoms with E-state index in [0.717, 1.165) is 16.7 Å². The number of carboxylic acids is 1. The highest BCUT2D eigenvalue weighted by molar-refractivity contribution is 6.32. The van der Waals surface area contributed by atoms with E-state index in [0.29, 0.717) is 52.3 Å². The van der Waals surface area contributed by atoms with Crippen molar-refractivity contribution in [2.45, 2.75) is 38.1 Å². The summed E-state index contributed by atoms with van der Waals surface area (Å²) >= 11 is 6.67. The first-order chi connectivity index (χ1) is 21.3. The molecule has 0 spiro atoms. The largest absolute Gasteiger partial charge is 0.488 e. The van der Waals surface area contributed by atoms with Gasteiger partial charge in [0.15, 0.2) is 5.69 Å². The van der Waals surface area contributed by atoms with E-state index < -0.39 is 18.6 Å². The zero-order valence-corrected chi connectivity index (χ0v) is 24.1. The summed E-state index contributed by atoms with van der Waals surface area (Å²) in [5, 5.41) is 31.2. The van der Waals surface area contributed by atoms with E-state index in [4.69, 9.17) is 27.6 Å². The Bertz CT molecular complexity index is 1770. The van der Waals surface area contributed by atoms with Gasteiger partial charge in [0.05, 0.1) is 24.3 Å². The SMILES string of the molecule is [C-]#[N+]c1cc(C#N)cc(COc2cc(O[C@H]3CCc4c(-c5ccccc5F)cccc43)c(Cl)cc2CN[C@@H](CO)C(=O)O)c1. The highest BCUT2D eigenvalue weighted by Crippen LogP contribution is 2.43. The zero-order chi connectivity index (χ0) is 31.2. The lowest BCUT2D eigenvalue weighted by Crippen LogP contribution is -2.39. The number of hydrogen-bond donors (Lipinski definition) is 3. The molecule has 8 nitrogen and oxygen atoms in total. The average Bonchev–Trinajstić information content (AvgIpc) is 3.44. The van der Waals surface area contributed by atoms with Gasteiger partial charge in [-0.2, -0.15) is 5.26 Å². The summed E-state index contributed by atoms with van der Waals surface area (Å²) in [4.78, 5) is 14.9. The van der Waals surface area contributed by atoms with Gasteiger partial charge >= 0.3 is 5.97 Å². The van der Waals surface area contributed by atoms with Gasteiger partial charge in [-0.15, -0.1) is 0 Å². The van der Waals surface area contributed by atoms with Crippen LogP contribution in [0.3, 0.4) is 0 Å². The van der Waals surface area contributed by atoms with E-state index in [2.05, 4.69) is 10.2 Å². The van der Waals surface area contributed by atoms with Crippen LogP contribution in [0.1, 0.15) is 40.3 Å². The van der Waals surface area contributed by atoms with Gasteiger partial charge in [0.1, 0.15) is 36.1 Å². The third-order valence-electron chi connectivity index (χ3n) is 7.41.